The molecular weight excluding hydrogens is 244 g/mol. The molecule has 1 heterocycles. The molecule has 1 aromatic carbocycles. The minimum absolute atomic E-state index is 0.0954. The highest BCUT2D eigenvalue weighted by molar-refractivity contribution is 5.25. The molecule has 0 radical (unpaired) electrons. The van der Waals surface area contributed by atoms with Gasteiger partial charge in [-0.05, 0) is 37.2 Å². The molecule has 0 aromatic heterocycles. The van der Waals surface area contributed by atoms with Crippen molar-refractivity contribution in [2.75, 3.05) is 19.6 Å². The van der Waals surface area contributed by atoms with Gasteiger partial charge in [-0.2, -0.15) is 0 Å². The van der Waals surface area contributed by atoms with Crippen molar-refractivity contribution in [1.82, 2.24) is 10.2 Å². The third kappa shape index (κ3) is 2.77. The third-order valence-corrected chi connectivity index (χ3v) is 5.33. The molecule has 0 amide bonds. The van der Waals surface area contributed by atoms with Crippen LogP contribution in [0.3, 0.4) is 0 Å². The van der Waals surface area contributed by atoms with Crippen molar-refractivity contribution in [1.29, 1.82) is 0 Å². The normalized spacial score (nSPS) is 33.0. The summed E-state index contributed by atoms with van der Waals surface area (Å²) in [7, 11) is 0. The molecule has 1 aliphatic heterocycles. The number of hydrogen-bond donors (Lipinski definition) is 1. The van der Waals surface area contributed by atoms with Crippen LogP contribution in [0.25, 0.3) is 0 Å². The average molecular weight is 272 g/mol. The minimum Gasteiger partial charge on any atom is -0.305 e. The molecule has 3 rings (SSSR count). The summed E-state index contributed by atoms with van der Waals surface area (Å²) in [5.74, 6) is 0. The largest absolute Gasteiger partial charge is 0.305 e. The van der Waals surface area contributed by atoms with Crippen molar-refractivity contribution >= 4 is 0 Å². The molecule has 1 N–H and O–H groups in total. The van der Waals surface area contributed by atoms with Crippen LogP contribution < -0.4 is 5.32 Å². The second-order valence-corrected chi connectivity index (χ2v) is 7.36. The van der Waals surface area contributed by atoms with E-state index in [4.69, 9.17) is 0 Å². The highest BCUT2D eigenvalue weighted by Crippen LogP contribution is 2.46. The zero-order chi connectivity index (χ0) is 14.2. The Morgan fingerprint density at radius 3 is 2.50 bits per heavy atom. The lowest BCUT2D eigenvalue weighted by atomic mass is 9.87. The van der Waals surface area contributed by atoms with Crippen LogP contribution in [0, 0.1) is 5.41 Å². The predicted molar refractivity (Wildman–Crippen MR) is 84.8 cm³/mol. The Balaban J connectivity index is 1.78. The van der Waals surface area contributed by atoms with Crippen molar-refractivity contribution in [3.63, 3.8) is 0 Å². The molecule has 2 heteroatoms. The van der Waals surface area contributed by atoms with Gasteiger partial charge in [-0.3, -0.25) is 4.90 Å². The molecule has 110 valence electrons. The molecular formula is C18H28N2. The first kappa shape index (κ1) is 14.1. The summed E-state index contributed by atoms with van der Waals surface area (Å²) in [5, 5.41) is 3.81. The van der Waals surface area contributed by atoms with Crippen LogP contribution in [-0.4, -0.2) is 30.6 Å². The Kier molecular flexibility index (Phi) is 3.64. The number of nitrogens with zero attached hydrogens (tertiary/aromatic N) is 1. The number of hydrogen-bond acceptors (Lipinski definition) is 2. The van der Waals surface area contributed by atoms with Crippen molar-refractivity contribution in [2.24, 2.45) is 5.41 Å². The summed E-state index contributed by atoms with van der Waals surface area (Å²) in [6.45, 7) is 10.6. The Labute approximate surface area is 123 Å². The SMILES string of the molecule is CCC1CNC(C)(c2ccccc2)CN1CC1(C)CC1. The maximum atomic E-state index is 3.81. The van der Waals surface area contributed by atoms with E-state index in [1.807, 2.05) is 0 Å². The Hall–Kier alpha value is -0.860. The smallest absolute Gasteiger partial charge is 0.0535 e. The second-order valence-electron chi connectivity index (χ2n) is 7.36. The molecule has 2 nitrogen and oxygen atoms in total. The summed E-state index contributed by atoms with van der Waals surface area (Å²) >= 11 is 0. The topological polar surface area (TPSA) is 15.3 Å². The summed E-state index contributed by atoms with van der Waals surface area (Å²) in [4.78, 5) is 2.75. The molecule has 2 atom stereocenters. The number of piperazine rings is 1. The fourth-order valence-corrected chi connectivity index (χ4v) is 3.51. The number of rotatable bonds is 4. The zero-order valence-electron chi connectivity index (χ0n) is 13.2. The fraction of sp³-hybridized carbons (Fsp3) is 0.667. The molecule has 1 aliphatic carbocycles. The second kappa shape index (κ2) is 5.16. The van der Waals surface area contributed by atoms with Crippen LogP contribution in [0.1, 0.15) is 45.6 Å². The summed E-state index contributed by atoms with van der Waals surface area (Å²) < 4.78 is 0. The van der Waals surface area contributed by atoms with E-state index in [2.05, 4.69) is 61.3 Å². The predicted octanol–water partition coefficient (Wildman–Crippen LogP) is 3.39. The van der Waals surface area contributed by atoms with Gasteiger partial charge in [0.2, 0.25) is 0 Å². The monoisotopic (exact) mass is 272 g/mol. The van der Waals surface area contributed by atoms with Gasteiger partial charge in [-0.25, -0.2) is 0 Å². The van der Waals surface area contributed by atoms with Gasteiger partial charge < -0.3 is 5.32 Å². The molecule has 2 aliphatic rings. The van der Waals surface area contributed by atoms with Crippen LogP contribution in [0.4, 0.5) is 0 Å². The quantitative estimate of drug-likeness (QED) is 0.904. The number of benzene rings is 1. The maximum absolute atomic E-state index is 3.81. The average Bonchev–Trinajstić information content (AvgIpc) is 3.17. The lowest BCUT2D eigenvalue weighted by Gasteiger charge is -2.47. The molecule has 1 aromatic rings. The zero-order valence-corrected chi connectivity index (χ0v) is 13.2. The first-order valence-electron chi connectivity index (χ1n) is 8.09. The van der Waals surface area contributed by atoms with E-state index < -0.39 is 0 Å². The van der Waals surface area contributed by atoms with Gasteiger partial charge in [0.15, 0.2) is 0 Å². The molecule has 2 unspecified atom stereocenters. The lowest BCUT2D eigenvalue weighted by molar-refractivity contribution is 0.0665. The van der Waals surface area contributed by atoms with Gasteiger partial charge in [0.05, 0.1) is 5.54 Å². The van der Waals surface area contributed by atoms with Crippen LogP contribution in [-0.2, 0) is 5.54 Å². The van der Waals surface area contributed by atoms with Gasteiger partial charge in [-0.1, -0.05) is 44.2 Å². The van der Waals surface area contributed by atoms with Crippen molar-refractivity contribution < 1.29 is 0 Å². The highest BCUT2D eigenvalue weighted by Gasteiger charge is 2.43. The van der Waals surface area contributed by atoms with Gasteiger partial charge in [-0.15, -0.1) is 0 Å². The summed E-state index contributed by atoms with van der Waals surface area (Å²) in [6, 6.07) is 11.6. The molecule has 20 heavy (non-hydrogen) atoms. The van der Waals surface area contributed by atoms with Crippen molar-refractivity contribution in [3.05, 3.63) is 35.9 Å². The van der Waals surface area contributed by atoms with Gasteiger partial charge in [0, 0.05) is 25.7 Å². The van der Waals surface area contributed by atoms with Crippen LogP contribution in [0.5, 0.6) is 0 Å². The Morgan fingerprint density at radius 1 is 1.20 bits per heavy atom. The first-order chi connectivity index (χ1) is 9.55. The van der Waals surface area contributed by atoms with E-state index in [0.717, 1.165) is 13.1 Å². The highest BCUT2D eigenvalue weighted by atomic mass is 15.3. The molecule has 2 fully saturated rings. The molecule has 0 bridgehead atoms. The van der Waals surface area contributed by atoms with Crippen molar-refractivity contribution in [3.8, 4) is 0 Å². The maximum Gasteiger partial charge on any atom is 0.0535 e. The Morgan fingerprint density at radius 2 is 1.90 bits per heavy atom. The molecule has 1 saturated heterocycles. The summed E-state index contributed by atoms with van der Waals surface area (Å²) in [6.07, 6.45) is 4.07. The summed E-state index contributed by atoms with van der Waals surface area (Å²) in [5.41, 5.74) is 2.11. The van der Waals surface area contributed by atoms with E-state index in [0.29, 0.717) is 11.5 Å². The number of nitrogens with one attached hydrogen (secondary N) is 1. The van der Waals surface area contributed by atoms with Crippen LogP contribution in [0.2, 0.25) is 0 Å². The van der Waals surface area contributed by atoms with Gasteiger partial charge in [0.1, 0.15) is 0 Å². The standard InChI is InChI=1S/C18H28N2/c1-4-16-12-19-18(3,15-8-6-5-7-9-15)14-20(16)13-17(2)10-11-17/h5-9,16,19H,4,10-14H2,1-3H3. The van der Waals surface area contributed by atoms with Crippen molar-refractivity contribution in [2.45, 2.75) is 51.6 Å². The van der Waals surface area contributed by atoms with Crippen LogP contribution in [0.15, 0.2) is 30.3 Å². The van der Waals surface area contributed by atoms with Gasteiger partial charge >= 0.3 is 0 Å². The van der Waals surface area contributed by atoms with E-state index in [9.17, 15) is 0 Å². The lowest BCUT2D eigenvalue weighted by Crippen LogP contribution is -2.61. The Bertz CT molecular complexity index is 452. The molecule has 1 saturated carbocycles. The van der Waals surface area contributed by atoms with E-state index >= 15 is 0 Å². The fourth-order valence-electron chi connectivity index (χ4n) is 3.51. The first-order valence-corrected chi connectivity index (χ1v) is 8.09. The molecule has 0 spiro atoms. The van der Waals surface area contributed by atoms with E-state index in [1.165, 1.54) is 31.4 Å². The minimum atomic E-state index is 0.0954. The van der Waals surface area contributed by atoms with Crippen LogP contribution >= 0.6 is 0 Å². The third-order valence-electron chi connectivity index (χ3n) is 5.33. The van der Waals surface area contributed by atoms with Gasteiger partial charge in [0.25, 0.3) is 0 Å². The van der Waals surface area contributed by atoms with E-state index in [1.54, 1.807) is 0 Å². The van der Waals surface area contributed by atoms with E-state index in [-0.39, 0.29) is 5.54 Å².